The molecule has 1 heterocycles. The Morgan fingerprint density at radius 2 is 2.05 bits per heavy atom. The zero-order chi connectivity index (χ0) is 16.7. The molecular weight excluding hydrogens is 268 g/mol. The molecule has 2 atom stereocenters. The predicted octanol–water partition coefficient (Wildman–Crippen LogP) is 4.81. The lowest BCUT2D eigenvalue weighted by Gasteiger charge is -2.23. The number of hydrogen-bond donors (Lipinski definition) is 1. The SMILES string of the molecule is C=C(C(/C(C)=C\C)=C(/C)CC)C1CCN(C(N)/C=C\CC)C1. The molecule has 1 rings (SSSR count). The van der Waals surface area contributed by atoms with Gasteiger partial charge in [0.1, 0.15) is 0 Å². The molecule has 22 heavy (non-hydrogen) atoms. The molecule has 1 fully saturated rings. The summed E-state index contributed by atoms with van der Waals surface area (Å²) in [7, 11) is 0. The van der Waals surface area contributed by atoms with Crippen LogP contribution >= 0.6 is 0 Å². The second-order valence-electron chi connectivity index (χ2n) is 6.31. The summed E-state index contributed by atoms with van der Waals surface area (Å²) in [5.74, 6) is 0.521. The Morgan fingerprint density at radius 1 is 1.36 bits per heavy atom. The monoisotopic (exact) mass is 302 g/mol. The van der Waals surface area contributed by atoms with Crippen molar-refractivity contribution in [2.75, 3.05) is 13.1 Å². The quantitative estimate of drug-likeness (QED) is 0.540. The van der Waals surface area contributed by atoms with Gasteiger partial charge in [-0.1, -0.05) is 44.2 Å². The number of likely N-dealkylation sites (tertiary alicyclic amines) is 1. The molecule has 2 N–H and O–H groups in total. The lowest BCUT2D eigenvalue weighted by atomic mass is 9.85. The van der Waals surface area contributed by atoms with Gasteiger partial charge in [0.25, 0.3) is 0 Å². The normalized spacial score (nSPS) is 23.0. The molecule has 0 bridgehead atoms. The summed E-state index contributed by atoms with van der Waals surface area (Å²) in [6.07, 6.45) is 9.79. The Labute approximate surface area is 137 Å². The molecule has 1 saturated heterocycles. The van der Waals surface area contributed by atoms with Gasteiger partial charge in [0.05, 0.1) is 6.17 Å². The average molecular weight is 303 g/mol. The first kappa shape index (κ1) is 18.9. The molecule has 0 saturated carbocycles. The van der Waals surface area contributed by atoms with E-state index in [1.807, 2.05) is 0 Å². The third kappa shape index (κ3) is 4.69. The molecule has 0 amide bonds. The minimum atomic E-state index is 0.0419. The van der Waals surface area contributed by atoms with Crippen molar-refractivity contribution in [3.05, 3.63) is 47.1 Å². The molecule has 0 aromatic rings. The van der Waals surface area contributed by atoms with E-state index in [-0.39, 0.29) is 6.17 Å². The fraction of sp³-hybridized carbons (Fsp3) is 0.600. The van der Waals surface area contributed by atoms with Gasteiger partial charge in [-0.3, -0.25) is 4.90 Å². The van der Waals surface area contributed by atoms with Gasteiger partial charge in [-0.25, -0.2) is 0 Å². The van der Waals surface area contributed by atoms with Crippen molar-refractivity contribution in [3.63, 3.8) is 0 Å². The molecule has 1 aliphatic heterocycles. The largest absolute Gasteiger partial charge is 0.312 e. The van der Waals surface area contributed by atoms with Crippen LogP contribution in [0.25, 0.3) is 0 Å². The van der Waals surface area contributed by atoms with Crippen LogP contribution in [0.4, 0.5) is 0 Å². The zero-order valence-corrected chi connectivity index (χ0v) is 15.2. The first-order valence-corrected chi connectivity index (χ1v) is 8.64. The molecule has 2 unspecified atom stereocenters. The van der Waals surface area contributed by atoms with Gasteiger partial charge in [0, 0.05) is 13.1 Å². The van der Waals surface area contributed by atoms with Crippen molar-refractivity contribution in [1.82, 2.24) is 4.90 Å². The Bertz CT molecular complexity index is 468. The van der Waals surface area contributed by atoms with Gasteiger partial charge in [-0.2, -0.15) is 0 Å². The second kappa shape index (κ2) is 9.12. The topological polar surface area (TPSA) is 29.3 Å². The highest BCUT2D eigenvalue weighted by molar-refractivity contribution is 5.48. The summed E-state index contributed by atoms with van der Waals surface area (Å²) >= 11 is 0. The number of rotatable bonds is 7. The smallest absolute Gasteiger partial charge is 0.0764 e. The Hall–Kier alpha value is -1.12. The first-order chi connectivity index (χ1) is 10.5. The van der Waals surface area contributed by atoms with E-state index in [0.29, 0.717) is 5.92 Å². The Morgan fingerprint density at radius 3 is 2.59 bits per heavy atom. The second-order valence-corrected chi connectivity index (χ2v) is 6.31. The van der Waals surface area contributed by atoms with Gasteiger partial charge < -0.3 is 5.73 Å². The molecule has 0 radical (unpaired) electrons. The van der Waals surface area contributed by atoms with E-state index in [0.717, 1.165) is 32.4 Å². The van der Waals surface area contributed by atoms with Crippen LogP contribution in [-0.4, -0.2) is 24.2 Å². The maximum absolute atomic E-state index is 6.26. The molecule has 0 aliphatic carbocycles. The highest BCUT2D eigenvalue weighted by Gasteiger charge is 2.28. The van der Waals surface area contributed by atoms with Crippen LogP contribution in [-0.2, 0) is 0 Å². The molecule has 124 valence electrons. The van der Waals surface area contributed by atoms with Crippen LogP contribution in [0.1, 0.15) is 53.9 Å². The molecule has 0 spiro atoms. The predicted molar refractivity (Wildman–Crippen MR) is 98.6 cm³/mol. The summed E-state index contributed by atoms with van der Waals surface area (Å²) in [4.78, 5) is 2.37. The van der Waals surface area contributed by atoms with Crippen LogP contribution < -0.4 is 5.73 Å². The molecular formula is C20H34N2. The van der Waals surface area contributed by atoms with Crippen LogP contribution in [0.15, 0.2) is 47.1 Å². The minimum Gasteiger partial charge on any atom is -0.312 e. The number of hydrogen-bond acceptors (Lipinski definition) is 2. The maximum Gasteiger partial charge on any atom is 0.0764 e. The van der Waals surface area contributed by atoms with E-state index in [4.69, 9.17) is 5.73 Å². The van der Waals surface area contributed by atoms with E-state index < -0.39 is 0 Å². The minimum absolute atomic E-state index is 0.0419. The van der Waals surface area contributed by atoms with Crippen molar-refractivity contribution in [1.29, 1.82) is 0 Å². The average Bonchev–Trinajstić information content (AvgIpc) is 3.02. The van der Waals surface area contributed by atoms with Gasteiger partial charge in [-0.15, -0.1) is 0 Å². The third-order valence-electron chi connectivity index (χ3n) is 4.81. The van der Waals surface area contributed by atoms with Gasteiger partial charge in [0.15, 0.2) is 0 Å². The van der Waals surface area contributed by atoms with E-state index in [9.17, 15) is 0 Å². The summed E-state index contributed by atoms with van der Waals surface area (Å²) in [6.45, 7) is 17.4. The van der Waals surface area contributed by atoms with Crippen LogP contribution in [0, 0.1) is 5.92 Å². The van der Waals surface area contributed by atoms with Crippen molar-refractivity contribution in [2.24, 2.45) is 11.7 Å². The maximum atomic E-state index is 6.26. The summed E-state index contributed by atoms with van der Waals surface area (Å²) in [6, 6.07) is 0. The third-order valence-corrected chi connectivity index (χ3v) is 4.81. The standard InChI is InChI=1S/C20H34N2/c1-7-10-11-19(21)22-13-12-18(14-22)17(6)20(15(4)8-2)16(5)9-3/h8,10-11,18-19H,6-7,9,12-14,21H2,1-5H3/b11-10-,15-8-,20-16-. The number of allylic oxidation sites excluding steroid dienone is 5. The molecule has 0 aromatic heterocycles. The highest BCUT2D eigenvalue weighted by Crippen LogP contribution is 2.34. The van der Waals surface area contributed by atoms with Crippen molar-refractivity contribution in [2.45, 2.75) is 60.0 Å². The fourth-order valence-electron chi connectivity index (χ4n) is 3.13. The molecule has 0 aromatic carbocycles. The summed E-state index contributed by atoms with van der Waals surface area (Å²) < 4.78 is 0. The Kier molecular flexibility index (Phi) is 7.84. The van der Waals surface area contributed by atoms with Gasteiger partial charge in [0.2, 0.25) is 0 Å². The Balaban J connectivity index is 2.85. The summed E-state index contributed by atoms with van der Waals surface area (Å²) in [5.41, 5.74) is 11.7. The molecule has 2 heteroatoms. The zero-order valence-electron chi connectivity index (χ0n) is 15.2. The van der Waals surface area contributed by atoms with Crippen molar-refractivity contribution >= 4 is 0 Å². The number of nitrogens with two attached hydrogens (primary N) is 1. The highest BCUT2D eigenvalue weighted by atomic mass is 15.2. The molecule has 2 nitrogen and oxygen atoms in total. The van der Waals surface area contributed by atoms with Crippen molar-refractivity contribution < 1.29 is 0 Å². The first-order valence-electron chi connectivity index (χ1n) is 8.64. The lowest BCUT2D eigenvalue weighted by molar-refractivity contribution is 0.282. The van der Waals surface area contributed by atoms with Crippen molar-refractivity contribution in [3.8, 4) is 0 Å². The van der Waals surface area contributed by atoms with Crippen LogP contribution in [0.3, 0.4) is 0 Å². The van der Waals surface area contributed by atoms with E-state index in [1.54, 1.807) is 0 Å². The van der Waals surface area contributed by atoms with E-state index >= 15 is 0 Å². The lowest BCUT2D eigenvalue weighted by Crippen LogP contribution is -2.38. The molecule has 1 aliphatic rings. The number of nitrogens with zero attached hydrogens (tertiary/aromatic N) is 1. The summed E-state index contributed by atoms with van der Waals surface area (Å²) in [5, 5.41) is 0. The van der Waals surface area contributed by atoms with E-state index in [1.165, 1.54) is 22.3 Å². The van der Waals surface area contributed by atoms with Gasteiger partial charge in [-0.05, 0) is 62.7 Å². The van der Waals surface area contributed by atoms with Crippen LogP contribution in [0.2, 0.25) is 0 Å². The van der Waals surface area contributed by atoms with E-state index in [2.05, 4.69) is 64.3 Å². The van der Waals surface area contributed by atoms with Gasteiger partial charge >= 0.3 is 0 Å². The fourth-order valence-corrected chi connectivity index (χ4v) is 3.13. The van der Waals surface area contributed by atoms with Crippen LogP contribution in [0.5, 0.6) is 0 Å².